The fourth-order valence-electron chi connectivity index (χ4n) is 4.03. The van der Waals surface area contributed by atoms with E-state index in [9.17, 15) is 4.79 Å². The van der Waals surface area contributed by atoms with Crippen LogP contribution in [-0.4, -0.2) is 44.6 Å². The van der Waals surface area contributed by atoms with Crippen LogP contribution in [0, 0.1) is 16.7 Å². The highest BCUT2D eigenvalue weighted by Gasteiger charge is 2.27. The number of allylic oxidation sites excluding steroid dienone is 2. The Kier molecular flexibility index (Phi) is 7.37. The normalized spacial score (nSPS) is 20.1. The molecule has 1 aromatic carbocycles. The van der Waals surface area contributed by atoms with Crippen molar-refractivity contribution in [2.75, 3.05) is 32.1 Å². The first kappa shape index (κ1) is 24.0. The summed E-state index contributed by atoms with van der Waals surface area (Å²) in [5, 5.41) is 18.5. The summed E-state index contributed by atoms with van der Waals surface area (Å²) < 4.78 is 5.18. The van der Waals surface area contributed by atoms with Crippen LogP contribution in [0.15, 0.2) is 29.3 Å². The molecule has 0 radical (unpaired) electrons. The summed E-state index contributed by atoms with van der Waals surface area (Å²) in [4.78, 5) is 17.0. The zero-order valence-electron chi connectivity index (χ0n) is 19.8. The topological polar surface area (TPSA) is 98.5 Å². The Hall–Kier alpha value is -2.69. The van der Waals surface area contributed by atoms with Crippen molar-refractivity contribution in [1.82, 2.24) is 10.6 Å². The number of nitriles is 1. The van der Waals surface area contributed by atoms with Gasteiger partial charge in [0.15, 0.2) is 5.84 Å². The summed E-state index contributed by atoms with van der Waals surface area (Å²) in [7, 11) is 1.70. The molecule has 1 atom stereocenters. The van der Waals surface area contributed by atoms with Crippen molar-refractivity contribution in [3.8, 4) is 6.07 Å². The molecule has 7 nitrogen and oxygen atoms in total. The molecule has 2 aliphatic rings. The van der Waals surface area contributed by atoms with E-state index in [-0.39, 0.29) is 17.3 Å². The van der Waals surface area contributed by atoms with Crippen LogP contribution < -0.4 is 16.0 Å². The van der Waals surface area contributed by atoms with Gasteiger partial charge in [-0.2, -0.15) is 5.26 Å². The minimum atomic E-state index is -0.445. The lowest BCUT2D eigenvalue weighted by Gasteiger charge is -2.31. The number of methoxy groups -OCH3 is 1. The SMILES string of the molecule is COCCNC(C)(C)c1ccc(NC(=O)C2=NCC(C#N)N2)c(C2=CCC(C)(C)CC2)c1. The van der Waals surface area contributed by atoms with Crippen molar-refractivity contribution in [1.29, 1.82) is 5.26 Å². The summed E-state index contributed by atoms with van der Waals surface area (Å²) in [6, 6.07) is 7.86. The second-order valence-corrected chi connectivity index (χ2v) is 9.87. The van der Waals surface area contributed by atoms with Crippen LogP contribution in [0.2, 0.25) is 0 Å². The third kappa shape index (κ3) is 5.76. The van der Waals surface area contributed by atoms with Crippen LogP contribution in [0.4, 0.5) is 5.69 Å². The molecule has 172 valence electrons. The molecule has 3 N–H and O–H groups in total. The van der Waals surface area contributed by atoms with Gasteiger partial charge in [-0.1, -0.05) is 26.0 Å². The highest BCUT2D eigenvalue weighted by molar-refractivity contribution is 6.42. The van der Waals surface area contributed by atoms with Gasteiger partial charge in [0.05, 0.1) is 19.2 Å². The van der Waals surface area contributed by atoms with Crippen molar-refractivity contribution >= 4 is 23.0 Å². The second-order valence-electron chi connectivity index (χ2n) is 9.87. The summed E-state index contributed by atoms with van der Waals surface area (Å²) in [6.07, 6.45) is 5.38. The van der Waals surface area contributed by atoms with E-state index >= 15 is 0 Å². The zero-order valence-corrected chi connectivity index (χ0v) is 19.8. The van der Waals surface area contributed by atoms with Gasteiger partial charge in [-0.15, -0.1) is 0 Å². The first-order chi connectivity index (χ1) is 15.1. The van der Waals surface area contributed by atoms with Crippen molar-refractivity contribution < 1.29 is 9.53 Å². The second kappa shape index (κ2) is 9.85. The summed E-state index contributed by atoms with van der Waals surface area (Å²) in [5.74, 6) is -0.0992. The number of carbonyl (C=O) groups excluding carboxylic acids is 1. The van der Waals surface area contributed by atoms with E-state index < -0.39 is 6.04 Å². The van der Waals surface area contributed by atoms with Gasteiger partial charge in [0.25, 0.3) is 5.91 Å². The maximum atomic E-state index is 12.8. The minimum absolute atomic E-state index is 0.215. The van der Waals surface area contributed by atoms with Crippen LogP contribution in [0.25, 0.3) is 5.57 Å². The number of amidine groups is 1. The molecule has 1 aromatic rings. The van der Waals surface area contributed by atoms with Gasteiger partial charge in [-0.05, 0) is 61.8 Å². The molecule has 0 bridgehead atoms. The van der Waals surface area contributed by atoms with Gasteiger partial charge in [0.2, 0.25) is 0 Å². The number of benzene rings is 1. The molecular weight excluding hydrogens is 402 g/mol. The number of hydrogen-bond acceptors (Lipinski definition) is 6. The number of nitrogens with one attached hydrogen (secondary N) is 3. The van der Waals surface area contributed by atoms with Gasteiger partial charge in [-0.25, -0.2) is 0 Å². The molecule has 0 spiro atoms. The number of rotatable bonds is 8. The summed E-state index contributed by atoms with van der Waals surface area (Å²) in [6.45, 7) is 10.6. The Morgan fingerprint density at radius 1 is 1.41 bits per heavy atom. The van der Waals surface area contributed by atoms with E-state index in [0.717, 1.165) is 42.6 Å². The first-order valence-electron chi connectivity index (χ1n) is 11.2. The average Bonchev–Trinajstić information content (AvgIpc) is 3.24. The maximum Gasteiger partial charge on any atom is 0.290 e. The third-order valence-electron chi connectivity index (χ3n) is 6.29. The molecule has 0 saturated carbocycles. The van der Waals surface area contributed by atoms with Crippen molar-refractivity contribution in [3.05, 3.63) is 35.4 Å². The molecule has 7 heteroatoms. The molecular formula is C25H35N5O2. The monoisotopic (exact) mass is 437 g/mol. The Bertz CT molecular complexity index is 956. The highest BCUT2D eigenvalue weighted by Crippen LogP contribution is 2.40. The van der Waals surface area contributed by atoms with Gasteiger partial charge >= 0.3 is 0 Å². The predicted octanol–water partition coefficient (Wildman–Crippen LogP) is 3.58. The molecule has 1 amide bonds. The predicted molar refractivity (Wildman–Crippen MR) is 128 cm³/mol. The molecule has 0 fully saturated rings. The van der Waals surface area contributed by atoms with E-state index in [1.807, 2.05) is 12.1 Å². The van der Waals surface area contributed by atoms with E-state index in [4.69, 9.17) is 10.00 Å². The number of aliphatic imine (C=N–C) groups is 1. The lowest BCUT2D eigenvalue weighted by molar-refractivity contribution is -0.110. The molecule has 1 unspecified atom stereocenters. The highest BCUT2D eigenvalue weighted by atomic mass is 16.5. The Morgan fingerprint density at radius 3 is 2.81 bits per heavy atom. The molecule has 3 rings (SSSR count). The third-order valence-corrected chi connectivity index (χ3v) is 6.29. The smallest absolute Gasteiger partial charge is 0.290 e. The van der Waals surface area contributed by atoms with E-state index in [2.05, 4.69) is 66.8 Å². The van der Waals surface area contributed by atoms with Crippen LogP contribution >= 0.6 is 0 Å². The van der Waals surface area contributed by atoms with Gasteiger partial charge < -0.3 is 20.7 Å². The Morgan fingerprint density at radius 2 is 2.19 bits per heavy atom. The Balaban J connectivity index is 1.90. The van der Waals surface area contributed by atoms with Crippen LogP contribution in [0.5, 0.6) is 0 Å². The zero-order chi connectivity index (χ0) is 23.4. The van der Waals surface area contributed by atoms with Gasteiger partial charge in [0, 0.05) is 30.4 Å². The molecule has 0 saturated heterocycles. The molecule has 1 aliphatic heterocycles. The summed E-state index contributed by atoms with van der Waals surface area (Å²) in [5.41, 5.74) is 4.26. The average molecular weight is 438 g/mol. The number of anilines is 1. The maximum absolute atomic E-state index is 12.8. The van der Waals surface area contributed by atoms with E-state index in [1.165, 1.54) is 5.57 Å². The van der Waals surface area contributed by atoms with Crippen LogP contribution in [0.3, 0.4) is 0 Å². The Labute approximate surface area is 191 Å². The fraction of sp³-hybridized carbons (Fsp3) is 0.560. The lowest BCUT2D eigenvalue weighted by Crippen LogP contribution is -2.39. The molecule has 1 heterocycles. The van der Waals surface area contributed by atoms with Gasteiger partial charge in [0.1, 0.15) is 6.04 Å². The fourth-order valence-corrected chi connectivity index (χ4v) is 4.03. The number of nitrogens with zero attached hydrogens (tertiary/aromatic N) is 2. The minimum Gasteiger partial charge on any atom is -0.383 e. The number of ether oxygens (including phenoxy) is 1. The van der Waals surface area contributed by atoms with E-state index in [0.29, 0.717) is 18.6 Å². The lowest BCUT2D eigenvalue weighted by atomic mass is 9.76. The van der Waals surface area contributed by atoms with E-state index in [1.54, 1.807) is 7.11 Å². The first-order valence-corrected chi connectivity index (χ1v) is 11.2. The van der Waals surface area contributed by atoms with Gasteiger partial charge in [-0.3, -0.25) is 9.79 Å². The standard InChI is InChI=1S/C25H35N5O2/c1-24(2)10-8-17(9-11-24)20-14-18(25(3,4)28-12-13-32-5)6-7-21(20)30-23(31)22-27-16-19(15-26)29-22/h6-8,14,19,28H,9-13,16H2,1-5H3,(H,27,29)(H,30,31). The number of hydrogen-bond donors (Lipinski definition) is 3. The van der Waals surface area contributed by atoms with Crippen LogP contribution in [-0.2, 0) is 15.1 Å². The summed E-state index contributed by atoms with van der Waals surface area (Å²) >= 11 is 0. The molecule has 0 aromatic heterocycles. The van der Waals surface area contributed by atoms with Crippen LogP contribution in [0.1, 0.15) is 58.1 Å². The quantitative estimate of drug-likeness (QED) is 0.540. The van der Waals surface area contributed by atoms with Crippen molar-refractivity contribution in [2.24, 2.45) is 10.4 Å². The molecule has 1 aliphatic carbocycles. The largest absolute Gasteiger partial charge is 0.383 e. The van der Waals surface area contributed by atoms with Crippen molar-refractivity contribution in [3.63, 3.8) is 0 Å². The number of amides is 1. The number of carbonyl (C=O) groups is 1. The van der Waals surface area contributed by atoms with Crippen molar-refractivity contribution in [2.45, 2.75) is 58.5 Å². The molecule has 32 heavy (non-hydrogen) atoms.